The molecule has 0 aliphatic heterocycles. The van der Waals surface area contributed by atoms with E-state index in [0.717, 1.165) is 11.3 Å². The SMILES string of the molecule is CCOc1ccccc1C(O)CNC1CC1. The Balaban J connectivity index is 1.98. The molecule has 1 aliphatic carbocycles. The molecule has 0 saturated heterocycles. The van der Waals surface area contributed by atoms with Gasteiger partial charge in [0, 0.05) is 18.2 Å². The van der Waals surface area contributed by atoms with Crippen molar-refractivity contribution < 1.29 is 9.84 Å². The number of ether oxygens (including phenoxy) is 1. The summed E-state index contributed by atoms with van der Waals surface area (Å²) >= 11 is 0. The molecule has 0 heterocycles. The fourth-order valence-electron chi connectivity index (χ4n) is 1.72. The van der Waals surface area contributed by atoms with Gasteiger partial charge in [0.1, 0.15) is 5.75 Å². The highest BCUT2D eigenvalue weighted by Crippen LogP contribution is 2.26. The molecule has 2 rings (SSSR count). The van der Waals surface area contributed by atoms with Gasteiger partial charge in [-0.3, -0.25) is 0 Å². The van der Waals surface area contributed by atoms with E-state index in [1.54, 1.807) is 0 Å². The van der Waals surface area contributed by atoms with Crippen molar-refractivity contribution in [2.45, 2.75) is 31.9 Å². The van der Waals surface area contributed by atoms with Crippen LogP contribution >= 0.6 is 0 Å². The van der Waals surface area contributed by atoms with E-state index in [1.807, 2.05) is 31.2 Å². The van der Waals surface area contributed by atoms with Gasteiger partial charge in [-0.25, -0.2) is 0 Å². The van der Waals surface area contributed by atoms with Gasteiger partial charge in [-0.1, -0.05) is 18.2 Å². The molecule has 3 nitrogen and oxygen atoms in total. The molecule has 88 valence electrons. The first kappa shape index (κ1) is 11.4. The molecule has 0 amide bonds. The summed E-state index contributed by atoms with van der Waals surface area (Å²) < 4.78 is 5.49. The predicted octanol–water partition coefficient (Wildman–Crippen LogP) is 1.87. The van der Waals surface area contributed by atoms with Crippen molar-refractivity contribution in [1.82, 2.24) is 5.32 Å². The topological polar surface area (TPSA) is 41.5 Å². The Bertz CT molecular complexity index is 336. The van der Waals surface area contributed by atoms with Crippen LogP contribution in [0.3, 0.4) is 0 Å². The number of benzene rings is 1. The highest BCUT2D eigenvalue weighted by atomic mass is 16.5. The Labute approximate surface area is 96.4 Å². The molecule has 0 aromatic heterocycles. The van der Waals surface area contributed by atoms with Gasteiger partial charge in [0.15, 0.2) is 0 Å². The summed E-state index contributed by atoms with van der Waals surface area (Å²) in [5.74, 6) is 0.787. The number of nitrogens with one attached hydrogen (secondary N) is 1. The van der Waals surface area contributed by atoms with Crippen molar-refractivity contribution in [1.29, 1.82) is 0 Å². The summed E-state index contributed by atoms with van der Waals surface area (Å²) in [6.45, 7) is 3.18. The van der Waals surface area contributed by atoms with E-state index in [1.165, 1.54) is 12.8 Å². The standard InChI is InChI=1S/C13H19NO2/c1-2-16-13-6-4-3-5-11(13)12(15)9-14-10-7-8-10/h3-6,10,12,14-15H,2,7-9H2,1H3. The second-order valence-corrected chi connectivity index (χ2v) is 4.17. The molecule has 1 aliphatic rings. The minimum Gasteiger partial charge on any atom is -0.493 e. The zero-order valence-corrected chi connectivity index (χ0v) is 9.65. The van der Waals surface area contributed by atoms with Crippen LogP contribution in [-0.2, 0) is 0 Å². The Hall–Kier alpha value is -1.06. The van der Waals surface area contributed by atoms with Crippen LogP contribution in [0.1, 0.15) is 31.4 Å². The molecule has 3 heteroatoms. The molecule has 1 atom stereocenters. The van der Waals surface area contributed by atoms with Crippen molar-refractivity contribution in [3.63, 3.8) is 0 Å². The molecule has 0 radical (unpaired) electrons. The Kier molecular flexibility index (Phi) is 3.80. The first-order valence-corrected chi connectivity index (χ1v) is 5.94. The molecule has 0 spiro atoms. The second kappa shape index (κ2) is 5.32. The molecule has 0 bridgehead atoms. The van der Waals surface area contributed by atoms with E-state index in [9.17, 15) is 5.11 Å². The minimum atomic E-state index is -0.483. The summed E-state index contributed by atoms with van der Waals surface area (Å²) in [6, 6.07) is 8.30. The largest absolute Gasteiger partial charge is 0.493 e. The molecular formula is C13H19NO2. The lowest BCUT2D eigenvalue weighted by molar-refractivity contribution is 0.168. The van der Waals surface area contributed by atoms with Crippen LogP contribution in [0.5, 0.6) is 5.75 Å². The highest BCUT2D eigenvalue weighted by Gasteiger charge is 2.22. The smallest absolute Gasteiger partial charge is 0.125 e. The van der Waals surface area contributed by atoms with Crippen LogP contribution in [0.25, 0.3) is 0 Å². The predicted molar refractivity (Wildman–Crippen MR) is 63.6 cm³/mol. The summed E-state index contributed by atoms with van der Waals surface area (Å²) in [5, 5.41) is 13.4. The third-order valence-electron chi connectivity index (χ3n) is 2.76. The van der Waals surface area contributed by atoms with Gasteiger partial charge in [-0.2, -0.15) is 0 Å². The van der Waals surface area contributed by atoms with Crippen molar-refractivity contribution in [3.05, 3.63) is 29.8 Å². The number of para-hydroxylation sites is 1. The molecule has 2 N–H and O–H groups in total. The maximum absolute atomic E-state index is 10.1. The van der Waals surface area contributed by atoms with E-state index in [-0.39, 0.29) is 0 Å². The number of hydrogen-bond acceptors (Lipinski definition) is 3. The van der Waals surface area contributed by atoms with Gasteiger partial charge in [0.25, 0.3) is 0 Å². The van der Waals surface area contributed by atoms with Crippen molar-refractivity contribution in [3.8, 4) is 5.75 Å². The van der Waals surface area contributed by atoms with E-state index in [2.05, 4.69) is 5.32 Å². The molecule has 1 aromatic carbocycles. The van der Waals surface area contributed by atoms with Gasteiger partial charge < -0.3 is 15.2 Å². The quantitative estimate of drug-likeness (QED) is 0.770. The van der Waals surface area contributed by atoms with Crippen LogP contribution in [0.2, 0.25) is 0 Å². The fourth-order valence-corrected chi connectivity index (χ4v) is 1.72. The lowest BCUT2D eigenvalue weighted by Gasteiger charge is -2.16. The van der Waals surface area contributed by atoms with E-state index >= 15 is 0 Å². The third kappa shape index (κ3) is 2.97. The van der Waals surface area contributed by atoms with Gasteiger partial charge in [-0.05, 0) is 25.8 Å². The van der Waals surface area contributed by atoms with E-state index < -0.39 is 6.10 Å². The average molecular weight is 221 g/mol. The maximum atomic E-state index is 10.1. The second-order valence-electron chi connectivity index (χ2n) is 4.17. The normalized spacial score (nSPS) is 17.1. The van der Waals surface area contributed by atoms with Crippen LogP contribution in [0.4, 0.5) is 0 Å². The molecule has 1 unspecified atom stereocenters. The summed E-state index contributed by atoms with van der Waals surface area (Å²) in [7, 11) is 0. The molecular weight excluding hydrogens is 202 g/mol. The molecule has 1 saturated carbocycles. The molecule has 1 aromatic rings. The zero-order valence-electron chi connectivity index (χ0n) is 9.65. The number of aliphatic hydroxyl groups is 1. The first-order valence-electron chi connectivity index (χ1n) is 5.94. The van der Waals surface area contributed by atoms with Crippen molar-refractivity contribution in [2.75, 3.05) is 13.2 Å². The van der Waals surface area contributed by atoms with E-state index in [0.29, 0.717) is 19.2 Å². The van der Waals surface area contributed by atoms with Gasteiger partial charge in [0.05, 0.1) is 12.7 Å². The first-order chi connectivity index (χ1) is 7.81. The Morgan fingerprint density at radius 3 is 2.88 bits per heavy atom. The number of rotatable bonds is 6. The van der Waals surface area contributed by atoms with Gasteiger partial charge in [-0.15, -0.1) is 0 Å². The van der Waals surface area contributed by atoms with Gasteiger partial charge >= 0.3 is 0 Å². The Morgan fingerprint density at radius 2 is 2.19 bits per heavy atom. The maximum Gasteiger partial charge on any atom is 0.125 e. The van der Waals surface area contributed by atoms with Crippen molar-refractivity contribution in [2.24, 2.45) is 0 Å². The summed E-state index contributed by atoms with van der Waals surface area (Å²) in [5.41, 5.74) is 0.873. The molecule has 16 heavy (non-hydrogen) atoms. The Morgan fingerprint density at radius 1 is 1.44 bits per heavy atom. The zero-order chi connectivity index (χ0) is 11.4. The lowest BCUT2D eigenvalue weighted by atomic mass is 10.1. The highest BCUT2D eigenvalue weighted by molar-refractivity contribution is 5.35. The third-order valence-corrected chi connectivity index (χ3v) is 2.76. The summed E-state index contributed by atoms with van der Waals surface area (Å²) in [4.78, 5) is 0. The van der Waals surface area contributed by atoms with E-state index in [4.69, 9.17) is 4.74 Å². The average Bonchev–Trinajstić information content (AvgIpc) is 3.11. The number of hydrogen-bond donors (Lipinski definition) is 2. The summed E-state index contributed by atoms with van der Waals surface area (Å²) in [6.07, 6.45) is 1.99. The van der Waals surface area contributed by atoms with Crippen molar-refractivity contribution >= 4 is 0 Å². The van der Waals surface area contributed by atoms with Gasteiger partial charge in [0.2, 0.25) is 0 Å². The van der Waals surface area contributed by atoms with Crippen LogP contribution in [0, 0.1) is 0 Å². The van der Waals surface area contributed by atoms with Crippen LogP contribution in [-0.4, -0.2) is 24.3 Å². The molecule has 1 fully saturated rings. The van der Waals surface area contributed by atoms with Crippen LogP contribution in [0.15, 0.2) is 24.3 Å². The van der Waals surface area contributed by atoms with Crippen LogP contribution < -0.4 is 10.1 Å². The fraction of sp³-hybridized carbons (Fsp3) is 0.538. The minimum absolute atomic E-state index is 0.483. The number of aliphatic hydroxyl groups excluding tert-OH is 1. The monoisotopic (exact) mass is 221 g/mol. The lowest BCUT2D eigenvalue weighted by Crippen LogP contribution is -2.23.